The van der Waals surface area contributed by atoms with Crippen molar-refractivity contribution in [3.63, 3.8) is 0 Å². The van der Waals surface area contributed by atoms with E-state index >= 15 is 0 Å². The third kappa shape index (κ3) is 5.03. The summed E-state index contributed by atoms with van der Waals surface area (Å²) < 4.78 is 0. The van der Waals surface area contributed by atoms with Crippen LogP contribution in [0, 0.1) is 0 Å². The highest BCUT2D eigenvalue weighted by atomic mass is 16.2. The maximum absolute atomic E-state index is 12.1. The molecule has 3 nitrogen and oxygen atoms in total. The zero-order chi connectivity index (χ0) is 14.3. The molecule has 0 fully saturated rings. The van der Waals surface area contributed by atoms with Gasteiger partial charge in [0.2, 0.25) is 5.91 Å². The first-order valence-corrected chi connectivity index (χ1v) is 7.12. The van der Waals surface area contributed by atoms with Gasteiger partial charge in [-0.3, -0.25) is 4.79 Å². The quantitative estimate of drug-likeness (QED) is 0.793. The smallest absolute Gasteiger partial charge is 0.237 e. The molecule has 0 aliphatic rings. The minimum Gasteiger partial charge on any atom is -0.350 e. The Morgan fingerprint density at radius 2 is 1.84 bits per heavy atom. The number of aryl methyl sites for hydroxylation is 1. The number of nitrogens with one attached hydrogen (secondary N) is 1. The fourth-order valence-electron chi connectivity index (χ4n) is 1.91. The normalized spacial score (nSPS) is 13.1. The maximum atomic E-state index is 12.1. The number of carbonyl (C=O) groups excluding carboxylic acids is 1. The third-order valence-electron chi connectivity index (χ3n) is 3.91. The van der Waals surface area contributed by atoms with Gasteiger partial charge in [0.05, 0.1) is 6.04 Å². The van der Waals surface area contributed by atoms with Crippen LogP contribution in [0.1, 0.15) is 45.6 Å². The molecule has 1 aromatic carbocycles. The Bertz CT molecular complexity index is 385. The van der Waals surface area contributed by atoms with Gasteiger partial charge in [-0.1, -0.05) is 44.2 Å². The van der Waals surface area contributed by atoms with Crippen LogP contribution in [0.2, 0.25) is 0 Å². The first-order valence-electron chi connectivity index (χ1n) is 7.12. The molecule has 0 bridgehead atoms. The summed E-state index contributed by atoms with van der Waals surface area (Å²) in [6.45, 7) is 6.23. The van der Waals surface area contributed by atoms with E-state index in [1.54, 1.807) is 0 Å². The van der Waals surface area contributed by atoms with Crippen LogP contribution in [0.15, 0.2) is 30.3 Å². The summed E-state index contributed by atoms with van der Waals surface area (Å²) in [5, 5.41) is 3.06. The lowest BCUT2D eigenvalue weighted by Crippen LogP contribution is -2.51. The predicted molar refractivity (Wildman–Crippen MR) is 79.9 cm³/mol. The van der Waals surface area contributed by atoms with Gasteiger partial charge >= 0.3 is 0 Å². The largest absolute Gasteiger partial charge is 0.350 e. The summed E-state index contributed by atoms with van der Waals surface area (Å²) in [4.78, 5) is 12.1. The zero-order valence-corrected chi connectivity index (χ0v) is 12.3. The van der Waals surface area contributed by atoms with Crippen molar-refractivity contribution in [2.75, 3.05) is 0 Å². The van der Waals surface area contributed by atoms with Crippen LogP contribution in [0.25, 0.3) is 0 Å². The summed E-state index contributed by atoms with van der Waals surface area (Å²) in [7, 11) is 0. The van der Waals surface area contributed by atoms with Crippen LogP contribution >= 0.6 is 0 Å². The first-order chi connectivity index (χ1) is 9.00. The predicted octanol–water partition coefficient (Wildman–Crippen LogP) is 2.64. The highest BCUT2D eigenvalue weighted by Crippen LogP contribution is 2.14. The molecule has 0 radical (unpaired) electrons. The second-order valence-corrected chi connectivity index (χ2v) is 5.39. The van der Waals surface area contributed by atoms with Gasteiger partial charge in [0.1, 0.15) is 0 Å². The molecule has 106 valence electrons. The lowest BCUT2D eigenvalue weighted by atomic mass is 9.94. The topological polar surface area (TPSA) is 55.1 Å². The number of benzene rings is 1. The Hall–Kier alpha value is -1.35. The molecule has 0 saturated heterocycles. The second-order valence-electron chi connectivity index (χ2n) is 5.39. The van der Waals surface area contributed by atoms with Gasteiger partial charge in [0.15, 0.2) is 0 Å². The average molecular weight is 262 g/mol. The van der Waals surface area contributed by atoms with Crippen LogP contribution in [0.5, 0.6) is 0 Å². The van der Waals surface area contributed by atoms with E-state index in [9.17, 15) is 4.79 Å². The monoisotopic (exact) mass is 262 g/mol. The number of rotatable bonds is 7. The summed E-state index contributed by atoms with van der Waals surface area (Å²) >= 11 is 0. The molecular formula is C16H26N2O. The minimum absolute atomic E-state index is 0.0397. The molecule has 0 saturated carbocycles. The molecule has 1 atom stereocenters. The van der Waals surface area contributed by atoms with Gasteiger partial charge in [-0.15, -0.1) is 0 Å². The van der Waals surface area contributed by atoms with Crippen molar-refractivity contribution in [3.05, 3.63) is 35.9 Å². The van der Waals surface area contributed by atoms with E-state index < -0.39 is 6.04 Å². The zero-order valence-electron chi connectivity index (χ0n) is 12.3. The highest BCUT2D eigenvalue weighted by Gasteiger charge is 2.24. The second kappa shape index (κ2) is 7.29. The molecule has 0 heterocycles. The minimum atomic E-state index is -0.433. The Morgan fingerprint density at radius 3 is 2.37 bits per heavy atom. The van der Waals surface area contributed by atoms with E-state index in [4.69, 9.17) is 5.73 Å². The summed E-state index contributed by atoms with van der Waals surface area (Å²) in [5.41, 5.74) is 7.05. The van der Waals surface area contributed by atoms with E-state index in [2.05, 4.69) is 38.2 Å². The Balaban J connectivity index is 2.45. The molecule has 1 rings (SSSR count). The molecule has 1 aromatic rings. The summed E-state index contributed by atoms with van der Waals surface area (Å²) in [6.07, 6.45) is 3.35. The van der Waals surface area contributed by atoms with Gasteiger partial charge in [0, 0.05) is 5.54 Å². The molecule has 0 aliphatic heterocycles. The molecular weight excluding hydrogens is 236 g/mol. The van der Waals surface area contributed by atoms with Crippen molar-refractivity contribution < 1.29 is 4.79 Å². The molecule has 1 amide bonds. The standard InChI is InChI=1S/C16H26N2O/c1-4-16(3,5-2)18-15(19)14(17)12-11-13-9-7-6-8-10-13/h6-10,14H,4-5,11-12,17H2,1-3H3,(H,18,19)/t14-/m0/s1. The van der Waals surface area contributed by atoms with E-state index in [0.717, 1.165) is 19.3 Å². The third-order valence-corrected chi connectivity index (χ3v) is 3.91. The average Bonchev–Trinajstić information content (AvgIpc) is 2.45. The molecule has 19 heavy (non-hydrogen) atoms. The van der Waals surface area contributed by atoms with Crippen LogP contribution in [0.4, 0.5) is 0 Å². The fourth-order valence-corrected chi connectivity index (χ4v) is 1.91. The van der Waals surface area contributed by atoms with Gasteiger partial charge < -0.3 is 11.1 Å². The van der Waals surface area contributed by atoms with Gasteiger partial charge in [0.25, 0.3) is 0 Å². The molecule has 0 aromatic heterocycles. The van der Waals surface area contributed by atoms with Crippen molar-refractivity contribution in [1.82, 2.24) is 5.32 Å². The maximum Gasteiger partial charge on any atom is 0.237 e. The summed E-state index contributed by atoms with van der Waals surface area (Å²) in [5.74, 6) is -0.0397. The number of hydrogen-bond acceptors (Lipinski definition) is 2. The van der Waals surface area contributed by atoms with Gasteiger partial charge in [-0.2, -0.15) is 0 Å². The van der Waals surface area contributed by atoms with Crippen molar-refractivity contribution in [2.45, 2.75) is 58.0 Å². The number of hydrogen-bond donors (Lipinski definition) is 2. The lowest BCUT2D eigenvalue weighted by molar-refractivity contribution is -0.124. The van der Waals surface area contributed by atoms with Crippen molar-refractivity contribution in [1.29, 1.82) is 0 Å². The fraction of sp³-hybridized carbons (Fsp3) is 0.562. The van der Waals surface area contributed by atoms with E-state index in [-0.39, 0.29) is 11.4 Å². The number of carbonyl (C=O) groups is 1. The van der Waals surface area contributed by atoms with Crippen LogP contribution in [0.3, 0.4) is 0 Å². The molecule has 3 N–H and O–H groups in total. The summed E-state index contributed by atoms with van der Waals surface area (Å²) in [6, 6.07) is 9.69. The molecule has 0 aliphatic carbocycles. The van der Waals surface area contributed by atoms with Crippen molar-refractivity contribution in [2.24, 2.45) is 5.73 Å². The van der Waals surface area contributed by atoms with Crippen LogP contribution in [-0.2, 0) is 11.2 Å². The number of amides is 1. The Morgan fingerprint density at radius 1 is 1.26 bits per heavy atom. The molecule has 3 heteroatoms. The van der Waals surface area contributed by atoms with E-state index in [1.807, 2.05) is 18.2 Å². The van der Waals surface area contributed by atoms with Gasteiger partial charge in [-0.25, -0.2) is 0 Å². The lowest BCUT2D eigenvalue weighted by Gasteiger charge is -2.29. The van der Waals surface area contributed by atoms with Gasteiger partial charge in [-0.05, 0) is 38.2 Å². The SMILES string of the molecule is CCC(C)(CC)NC(=O)[C@@H](N)CCc1ccccc1. The Kier molecular flexibility index (Phi) is 6.03. The van der Waals surface area contributed by atoms with Crippen molar-refractivity contribution >= 4 is 5.91 Å². The van der Waals surface area contributed by atoms with E-state index in [0.29, 0.717) is 6.42 Å². The van der Waals surface area contributed by atoms with Crippen LogP contribution < -0.4 is 11.1 Å². The van der Waals surface area contributed by atoms with Crippen LogP contribution in [-0.4, -0.2) is 17.5 Å². The van der Waals surface area contributed by atoms with Crippen molar-refractivity contribution in [3.8, 4) is 0 Å². The Labute approximate surface area is 116 Å². The number of nitrogens with two attached hydrogens (primary N) is 1. The molecule has 0 spiro atoms. The first kappa shape index (κ1) is 15.7. The molecule has 0 unspecified atom stereocenters. The van der Waals surface area contributed by atoms with E-state index in [1.165, 1.54) is 5.56 Å². The highest BCUT2D eigenvalue weighted by molar-refractivity contribution is 5.82.